The van der Waals surface area contributed by atoms with Gasteiger partial charge >= 0.3 is 0 Å². The number of rotatable bonds is 3. The summed E-state index contributed by atoms with van der Waals surface area (Å²) in [4.78, 5) is 0. The summed E-state index contributed by atoms with van der Waals surface area (Å²) >= 11 is 8.04. The van der Waals surface area contributed by atoms with E-state index in [1.54, 1.807) is 0 Å². The minimum atomic E-state index is 0.427. The van der Waals surface area contributed by atoms with Crippen LogP contribution in [0.25, 0.3) is 0 Å². The molecule has 1 aromatic heterocycles. The minimum absolute atomic E-state index is 0.427. The summed E-state index contributed by atoms with van der Waals surface area (Å²) in [5, 5.41) is 5.02. The van der Waals surface area contributed by atoms with E-state index in [-0.39, 0.29) is 0 Å². The highest BCUT2D eigenvalue weighted by atomic mass is 127. The predicted octanol–water partition coefficient (Wildman–Crippen LogP) is 2.71. The third kappa shape index (κ3) is 2.61. The van der Waals surface area contributed by atoms with Crippen LogP contribution in [0.15, 0.2) is 6.20 Å². The molecule has 3 nitrogen and oxygen atoms in total. The van der Waals surface area contributed by atoms with Gasteiger partial charge in [0.25, 0.3) is 0 Å². The lowest BCUT2D eigenvalue weighted by Gasteiger charge is -2.08. The van der Waals surface area contributed by atoms with Gasteiger partial charge in [0.2, 0.25) is 0 Å². The third-order valence-corrected chi connectivity index (χ3v) is 3.77. The molecule has 0 radical (unpaired) electrons. The first-order valence-electron chi connectivity index (χ1n) is 4.76. The van der Waals surface area contributed by atoms with E-state index in [1.165, 1.54) is 12.8 Å². The molecule has 1 saturated heterocycles. The highest BCUT2D eigenvalue weighted by Gasteiger charge is 2.15. The molecule has 1 fully saturated rings. The largest absolute Gasteiger partial charge is 0.378 e. The second-order valence-corrected chi connectivity index (χ2v) is 4.88. The van der Waals surface area contributed by atoms with Crippen molar-refractivity contribution in [3.63, 3.8) is 0 Å². The smallest absolute Gasteiger partial charge is 0.141 e. The van der Waals surface area contributed by atoms with Gasteiger partial charge in [-0.2, -0.15) is 5.10 Å². The van der Waals surface area contributed by atoms with Gasteiger partial charge in [-0.3, -0.25) is 4.68 Å². The maximum absolute atomic E-state index is 5.90. The Morgan fingerprint density at radius 1 is 1.71 bits per heavy atom. The van der Waals surface area contributed by atoms with Crippen LogP contribution in [0.1, 0.15) is 19.3 Å². The Balaban J connectivity index is 1.85. The molecule has 14 heavy (non-hydrogen) atoms. The molecule has 5 heteroatoms. The standard InChI is InChI=1S/C9H12ClIN2O/c10-8-6-13(12-9(8)11)4-3-7-2-1-5-14-7/h6-7H,1-5H2. The van der Waals surface area contributed by atoms with Crippen LogP contribution in [0.5, 0.6) is 0 Å². The van der Waals surface area contributed by atoms with Crippen molar-refractivity contribution in [2.45, 2.75) is 31.9 Å². The maximum atomic E-state index is 5.90. The van der Waals surface area contributed by atoms with Gasteiger partial charge in [0, 0.05) is 19.3 Å². The maximum Gasteiger partial charge on any atom is 0.141 e. The van der Waals surface area contributed by atoms with Crippen LogP contribution in [-0.2, 0) is 11.3 Å². The Kier molecular flexibility index (Phi) is 3.67. The number of ether oxygens (including phenoxy) is 1. The molecule has 0 spiro atoms. The number of hydrogen-bond donors (Lipinski definition) is 0. The quantitative estimate of drug-likeness (QED) is 0.799. The summed E-state index contributed by atoms with van der Waals surface area (Å²) < 4.78 is 8.30. The SMILES string of the molecule is Clc1cn(CCC2CCCO2)nc1I. The molecule has 1 unspecified atom stereocenters. The highest BCUT2D eigenvalue weighted by Crippen LogP contribution is 2.18. The van der Waals surface area contributed by atoms with Gasteiger partial charge in [-0.25, -0.2) is 0 Å². The summed E-state index contributed by atoms with van der Waals surface area (Å²) in [5.74, 6) is 0. The van der Waals surface area contributed by atoms with E-state index in [4.69, 9.17) is 16.3 Å². The van der Waals surface area contributed by atoms with E-state index >= 15 is 0 Å². The predicted molar refractivity (Wildman–Crippen MR) is 63.5 cm³/mol. The van der Waals surface area contributed by atoms with Crippen LogP contribution in [0.2, 0.25) is 5.02 Å². The van der Waals surface area contributed by atoms with E-state index in [9.17, 15) is 0 Å². The van der Waals surface area contributed by atoms with Gasteiger partial charge in [-0.05, 0) is 41.9 Å². The third-order valence-electron chi connectivity index (χ3n) is 2.38. The zero-order valence-corrected chi connectivity index (χ0v) is 10.7. The van der Waals surface area contributed by atoms with E-state index in [0.29, 0.717) is 6.10 Å². The molecule has 1 aliphatic rings. The molecule has 1 aliphatic heterocycles. The topological polar surface area (TPSA) is 27.1 Å². The Morgan fingerprint density at radius 2 is 2.57 bits per heavy atom. The van der Waals surface area contributed by atoms with Crippen LogP contribution >= 0.6 is 34.2 Å². The van der Waals surface area contributed by atoms with Crippen molar-refractivity contribution in [2.24, 2.45) is 0 Å². The van der Waals surface area contributed by atoms with Gasteiger partial charge in [-0.15, -0.1) is 0 Å². The Labute approximate surface area is 102 Å². The molecule has 2 heterocycles. The van der Waals surface area contributed by atoms with Crippen molar-refractivity contribution in [1.82, 2.24) is 9.78 Å². The molecular formula is C9H12ClIN2O. The van der Waals surface area contributed by atoms with Gasteiger partial charge in [-0.1, -0.05) is 11.6 Å². The number of nitrogens with zero attached hydrogens (tertiary/aromatic N) is 2. The van der Waals surface area contributed by atoms with E-state index in [0.717, 1.165) is 28.3 Å². The zero-order valence-electron chi connectivity index (χ0n) is 7.75. The second-order valence-electron chi connectivity index (χ2n) is 3.45. The van der Waals surface area contributed by atoms with E-state index in [2.05, 4.69) is 27.7 Å². The summed E-state index contributed by atoms with van der Waals surface area (Å²) in [5.41, 5.74) is 0. The fourth-order valence-electron chi connectivity index (χ4n) is 1.64. The normalized spacial score (nSPS) is 21.7. The lowest BCUT2D eigenvalue weighted by atomic mass is 10.2. The zero-order chi connectivity index (χ0) is 9.97. The molecule has 0 aliphatic carbocycles. The van der Waals surface area contributed by atoms with Crippen molar-refractivity contribution in [3.05, 3.63) is 14.9 Å². The lowest BCUT2D eigenvalue weighted by molar-refractivity contribution is 0.0994. The number of aromatic nitrogens is 2. The van der Waals surface area contributed by atoms with Crippen LogP contribution < -0.4 is 0 Å². The monoisotopic (exact) mass is 326 g/mol. The van der Waals surface area contributed by atoms with Crippen LogP contribution in [0.3, 0.4) is 0 Å². The summed E-state index contributed by atoms with van der Waals surface area (Å²) in [6.45, 7) is 1.81. The number of halogens is 2. The van der Waals surface area contributed by atoms with Gasteiger partial charge < -0.3 is 4.74 Å². The average molecular weight is 327 g/mol. The van der Waals surface area contributed by atoms with Crippen molar-refractivity contribution in [2.75, 3.05) is 6.61 Å². The second kappa shape index (κ2) is 4.81. The summed E-state index contributed by atoms with van der Waals surface area (Å²) in [6, 6.07) is 0. The van der Waals surface area contributed by atoms with Gasteiger partial charge in [0.15, 0.2) is 0 Å². The first kappa shape index (κ1) is 10.7. The first-order chi connectivity index (χ1) is 6.75. The molecule has 0 amide bonds. The van der Waals surface area contributed by atoms with Gasteiger partial charge in [0.1, 0.15) is 3.70 Å². The molecule has 0 N–H and O–H groups in total. The molecule has 1 atom stereocenters. The van der Waals surface area contributed by atoms with E-state index < -0.39 is 0 Å². The van der Waals surface area contributed by atoms with Crippen molar-refractivity contribution in [1.29, 1.82) is 0 Å². The minimum Gasteiger partial charge on any atom is -0.378 e. The molecule has 0 bridgehead atoms. The molecule has 2 rings (SSSR count). The fourth-order valence-corrected chi connectivity index (χ4v) is 2.20. The summed E-state index contributed by atoms with van der Waals surface area (Å²) in [7, 11) is 0. The number of hydrogen-bond acceptors (Lipinski definition) is 2. The lowest BCUT2D eigenvalue weighted by Crippen LogP contribution is -2.10. The van der Waals surface area contributed by atoms with Crippen LogP contribution in [0, 0.1) is 3.70 Å². The molecule has 78 valence electrons. The Morgan fingerprint density at radius 3 is 3.14 bits per heavy atom. The van der Waals surface area contributed by atoms with E-state index in [1.807, 2.05) is 10.9 Å². The van der Waals surface area contributed by atoms with Crippen molar-refractivity contribution >= 4 is 34.2 Å². The summed E-state index contributed by atoms with van der Waals surface area (Å²) in [6.07, 6.45) is 5.72. The van der Waals surface area contributed by atoms with Crippen LogP contribution in [0.4, 0.5) is 0 Å². The van der Waals surface area contributed by atoms with Crippen LogP contribution in [-0.4, -0.2) is 22.5 Å². The number of aryl methyl sites for hydroxylation is 1. The highest BCUT2D eigenvalue weighted by molar-refractivity contribution is 14.1. The fraction of sp³-hybridized carbons (Fsp3) is 0.667. The Bertz CT molecular complexity index is 290. The molecular weight excluding hydrogens is 314 g/mol. The van der Waals surface area contributed by atoms with Gasteiger partial charge in [0.05, 0.1) is 11.1 Å². The molecule has 0 aromatic carbocycles. The first-order valence-corrected chi connectivity index (χ1v) is 6.21. The molecule has 1 aromatic rings. The molecule has 0 saturated carbocycles. The van der Waals surface area contributed by atoms with Crippen molar-refractivity contribution < 1.29 is 4.74 Å². The van der Waals surface area contributed by atoms with Crippen molar-refractivity contribution in [3.8, 4) is 0 Å². The average Bonchev–Trinajstić information content (AvgIpc) is 2.74. The Hall–Kier alpha value is 0.190.